The fraction of sp³-hybridized carbons (Fsp3) is 0.300. The van der Waals surface area contributed by atoms with Crippen molar-refractivity contribution in [3.8, 4) is 22.5 Å². The van der Waals surface area contributed by atoms with Gasteiger partial charge in [-0.2, -0.15) is 5.10 Å². The molecule has 1 aliphatic carbocycles. The normalized spacial score (nSPS) is 17.9. The zero-order chi connectivity index (χ0) is 24.2. The SMILES string of the molecule is Cc1ccc2nc(-c3ccc(-c4ccc5[nH]ncc5c4)cc3)n(C[C@H]3CCN(C(=O)C4CC4)C3)c2c1. The Labute approximate surface area is 210 Å². The molecule has 0 radical (unpaired) electrons. The molecule has 1 aliphatic heterocycles. The van der Waals surface area contributed by atoms with Crippen LogP contribution in [0.2, 0.25) is 0 Å². The summed E-state index contributed by atoms with van der Waals surface area (Å²) in [5, 5.41) is 8.26. The van der Waals surface area contributed by atoms with Gasteiger partial charge in [0.1, 0.15) is 5.82 Å². The topological polar surface area (TPSA) is 66.8 Å². The first-order chi connectivity index (χ1) is 17.6. The molecule has 7 rings (SSSR count). The Bertz CT molecular complexity index is 1590. The minimum atomic E-state index is 0.295. The number of carbonyl (C=O) groups excluding carboxylic acids is 1. The van der Waals surface area contributed by atoms with Gasteiger partial charge < -0.3 is 9.47 Å². The van der Waals surface area contributed by atoms with Gasteiger partial charge in [-0.15, -0.1) is 0 Å². The molecule has 1 saturated carbocycles. The Morgan fingerprint density at radius 3 is 2.61 bits per heavy atom. The number of hydrogen-bond donors (Lipinski definition) is 1. The maximum absolute atomic E-state index is 12.6. The van der Waals surface area contributed by atoms with Crippen molar-refractivity contribution >= 4 is 27.8 Å². The quantitative estimate of drug-likeness (QED) is 0.349. The molecule has 3 aromatic carbocycles. The Morgan fingerprint density at radius 1 is 0.972 bits per heavy atom. The number of H-pyrrole nitrogens is 1. The third-order valence-corrected chi connectivity index (χ3v) is 7.79. The van der Waals surface area contributed by atoms with E-state index in [0.717, 1.165) is 66.7 Å². The molecule has 3 heterocycles. The van der Waals surface area contributed by atoms with E-state index in [1.54, 1.807) is 0 Å². The summed E-state index contributed by atoms with van der Waals surface area (Å²) >= 11 is 0. The van der Waals surface area contributed by atoms with E-state index in [0.29, 0.717) is 17.7 Å². The minimum Gasteiger partial charge on any atom is -0.342 e. The molecule has 0 unspecified atom stereocenters. The molecule has 0 bridgehead atoms. The molecule has 2 aliphatic rings. The number of nitrogens with zero attached hydrogens (tertiary/aromatic N) is 4. The summed E-state index contributed by atoms with van der Waals surface area (Å²) in [4.78, 5) is 19.8. The summed E-state index contributed by atoms with van der Waals surface area (Å²) < 4.78 is 2.38. The van der Waals surface area contributed by atoms with Gasteiger partial charge in [-0.25, -0.2) is 4.98 Å². The van der Waals surface area contributed by atoms with Crippen LogP contribution in [0.5, 0.6) is 0 Å². The largest absolute Gasteiger partial charge is 0.342 e. The van der Waals surface area contributed by atoms with E-state index in [9.17, 15) is 4.79 Å². The average molecular weight is 476 g/mol. The molecule has 6 nitrogen and oxygen atoms in total. The van der Waals surface area contributed by atoms with Crippen molar-refractivity contribution in [2.24, 2.45) is 11.8 Å². The van der Waals surface area contributed by atoms with Crippen molar-refractivity contribution < 1.29 is 4.79 Å². The van der Waals surface area contributed by atoms with Gasteiger partial charge in [0.2, 0.25) is 5.91 Å². The second-order valence-electron chi connectivity index (χ2n) is 10.5. The molecule has 180 valence electrons. The molecule has 1 N–H and O–H groups in total. The Kier molecular flexibility index (Phi) is 4.94. The van der Waals surface area contributed by atoms with Crippen LogP contribution in [0, 0.1) is 18.8 Å². The molecule has 5 aromatic rings. The molecular formula is C30H29N5O. The highest BCUT2D eigenvalue weighted by Gasteiger charge is 2.36. The van der Waals surface area contributed by atoms with Crippen LogP contribution < -0.4 is 0 Å². The lowest BCUT2D eigenvalue weighted by molar-refractivity contribution is -0.131. The van der Waals surface area contributed by atoms with E-state index in [-0.39, 0.29) is 0 Å². The van der Waals surface area contributed by atoms with Crippen LogP contribution in [0.25, 0.3) is 44.5 Å². The van der Waals surface area contributed by atoms with Crippen LogP contribution in [0.1, 0.15) is 24.8 Å². The zero-order valence-electron chi connectivity index (χ0n) is 20.4. The van der Waals surface area contributed by atoms with Crippen molar-refractivity contribution in [3.63, 3.8) is 0 Å². The number of rotatable bonds is 5. The first-order valence-corrected chi connectivity index (χ1v) is 12.9. The fourth-order valence-electron chi connectivity index (χ4n) is 5.60. The minimum absolute atomic E-state index is 0.295. The van der Waals surface area contributed by atoms with Crippen molar-refractivity contribution in [2.75, 3.05) is 13.1 Å². The first-order valence-electron chi connectivity index (χ1n) is 12.9. The van der Waals surface area contributed by atoms with E-state index in [2.05, 4.69) is 87.3 Å². The molecule has 2 fully saturated rings. The van der Waals surface area contributed by atoms with Gasteiger partial charge in [-0.1, -0.05) is 36.4 Å². The lowest BCUT2D eigenvalue weighted by Crippen LogP contribution is -2.30. The standard InChI is InChI=1S/C30H29N5O/c1-19-2-10-27-28(14-19)35(18-20-12-13-34(17-20)30(36)23-7-8-23)29(32-27)22-5-3-21(4-6-22)24-9-11-26-25(15-24)16-31-33-26/h2-6,9-11,14-16,20,23H,7-8,12-13,17-18H2,1H3,(H,31,33)/t20-/m0/s1. The van der Waals surface area contributed by atoms with Gasteiger partial charge in [0, 0.05) is 36.5 Å². The molecule has 1 amide bonds. The number of likely N-dealkylation sites (tertiary alicyclic amines) is 1. The van der Waals surface area contributed by atoms with E-state index in [4.69, 9.17) is 4.98 Å². The summed E-state index contributed by atoms with van der Waals surface area (Å²) in [6.07, 6.45) is 5.06. The summed E-state index contributed by atoms with van der Waals surface area (Å²) in [7, 11) is 0. The fourth-order valence-corrected chi connectivity index (χ4v) is 5.60. The number of hydrogen-bond acceptors (Lipinski definition) is 3. The third-order valence-electron chi connectivity index (χ3n) is 7.79. The van der Waals surface area contributed by atoms with E-state index in [1.165, 1.54) is 22.2 Å². The van der Waals surface area contributed by atoms with Crippen LogP contribution in [0.15, 0.2) is 66.9 Å². The second-order valence-corrected chi connectivity index (χ2v) is 10.5. The molecule has 36 heavy (non-hydrogen) atoms. The number of fused-ring (bicyclic) bond motifs is 2. The van der Waals surface area contributed by atoms with Crippen molar-refractivity contribution in [3.05, 3.63) is 72.4 Å². The van der Waals surface area contributed by atoms with Crippen LogP contribution in [-0.4, -0.2) is 43.6 Å². The number of aromatic amines is 1. The monoisotopic (exact) mass is 475 g/mol. The van der Waals surface area contributed by atoms with E-state index < -0.39 is 0 Å². The summed E-state index contributed by atoms with van der Waals surface area (Å²) in [5.74, 6) is 2.11. The maximum atomic E-state index is 12.6. The number of benzene rings is 3. The Hall–Kier alpha value is -3.93. The van der Waals surface area contributed by atoms with Gasteiger partial charge in [0.05, 0.1) is 22.7 Å². The van der Waals surface area contributed by atoms with E-state index >= 15 is 0 Å². The third kappa shape index (κ3) is 3.77. The lowest BCUT2D eigenvalue weighted by atomic mass is 10.0. The van der Waals surface area contributed by atoms with Gasteiger partial charge >= 0.3 is 0 Å². The van der Waals surface area contributed by atoms with Crippen LogP contribution in [0.3, 0.4) is 0 Å². The van der Waals surface area contributed by atoms with Crippen molar-refractivity contribution in [1.82, 2.24) is 24.6 Å². The molecule has 2 aromatic heterocycles. The smallest absolute Gasteiger partial charge is 0.225 e. The number of imidazole rings is 1. The van der Waals surface area contributed by atoms with Crippen molar-refractivity contribution in [1.29, 1.82) is 0 Å². The lowest BCUT2D eigenvalue weighted by Gasteiger charge is -2.18. The van der Waals surface area contributed by atoms with Gasteiger partial charge in [0.25, 0.3) is 0 Å². The highest BCUT2D eigenvalue weighted by atomic mass is 16.2. The average Bonchev–Trinajstić information content (AvgIpc) is 3.30. The Balaban J connectivity index is 1.21. The van der Waals surface area contributed by atoms with Gasteiger partial charge in [-0.3, -0.25) is 9.89 Å². The molecule has 1 saturated heterocycles. The van der Waals surface area contributed by atoms with Crippen LogP contribution in [0.4, 0.5) is 0 Å². The van der Waals surface area contributed by atoms with Crippen molar-refractivity contribution in [2.45, 2.75) is 32.7 Å². The number of amides is 1. The predicted molar refractivity (Wildman–Crippen MR) is 142 cm³/mol. The van der Waals surface area contributed by atoms with Crippen LogP contribution >= 0.6 is 0 Å². The van der Waals surface area contributed by atoms with E-state index in [1.807, 2.05) is 6.20 Å². The second kappa shape index (κ2) is 8.33. The number of aryl methyl sites for hydroxylation is 1. The number of carbonyl (C=O) groups is 1. The van der Waals surface area contributed by atoms with Crippen LogP contribution in [-0.2, 0) is 11.3 Å². The highest BCUT2D eigenvalue weighted by molar-refractivity contribution is 5.85. The summed E-state index contributed by atoms with van der Waals surface area (Å²) in [6, 6.07) is 21.6. The molecular weight excluding hydrogens is 446 g/mol. The molecule has 6 heteroatoms. The highest BCUT2D eigenvalue weighted by Crippen LogP contribution is 2.34. The summed E-state index contributed by atoms with van der Waals surface area (Å²) in [5.41, 5.74) is 7.93. The van der Waals surface area contributed by atoms with Gasteiger partial charge in [0.15, 0.2) is 0 Å². The molecule has 0 spiro atoms. The maximum Gasteiger partial charge on any atom is 0.225 e. The number of nitrogens with one attached hydrogen (secondary N) is 1. The van der Waals surface area contributed by atoms with Gasteiger partial charge in [-0.05, 0) is 73.1 Å². The Morgan fingerprint density at radius 2 is 1.78 bits per heavy atom. The number of aromatic nitrogens is 4. The zero-order valence-corrected chi connectivity index (χ0v) is 20.4. The summed E-state index contributed by atoms with van der Waals surface area (Å²) in [6.45, 7) is 4.75. The molecule has 1 atom stereocenters. The first kappa shape index (κ1) is 21.4. The predicted octanol–water partition coefficient (Wildman–Crippen LogP) is 5.81.